The van der Waals surface area contributed by atoms with Crippen LogP contribution in [0.4, 0.5) is 4.39 Å². The molecule has 0 aliphatic carbocycles. The van der Waals surface area contributed by atoms with Crippen LogP contribution in [0.25, 0.3) is 11.6 Å². The molecule has 0 bridgehead atoms. The third-order valence-corrected chi connectivity index (χ3v) is 6.21. The van der Waals surface area contributed by atoms with E-state index in [1.807, 2.05) is 41.8 Å². The lowest BCUT2D eigenvalue weighted by atomic mass is 10.1. The van der Waals surface area contributed by atoms with Gasteiger partial charge >= 0.3 is 0 Å². The van der Waals surface area contributed by atoms with Crippen LogP contribution in [0.2, 0.25) is 10.0 Å². The predicted octanol–water partition coefficient (Wildman–Crippen LogP) is 7.10. The molecule has 0 atom stereocenters. The van der Waals surface area contributed by atoms with Gasteiger partial charge in [-0.05, 0) is 36.8 Å². The minimum absolute atomic E-state index is 0.0291. The van der Waals surface area contributed by atoms with E-state index in [-0.39, 0.29) is 40.3 Å². The van der Waals surface area contributed by atoms with Crippen LogP contribution in [-0.2, 0) is 13.0 Å². The SMILES string of the molecule is C#Cc1cc(Cl)cc(Oc2c(Cl)ccc(Cc3nnc(-c4ncn(Cc5ccccc5)c4C)o3)c2F)c1. The molecule has 2 heterocycles. The van der Waals surface area contributed by atoms with E-state index in [9.17, 15) is 0 Å². The van der Waals surface area contributed by atoms with Crippen LogP contribution in [0.3, 0.4) is 0 Å². The number of hydrogen-bond donors (Lipinski definition) is 0. The molecule has 0 saturated heterocycles. The van der Waals surface area contributed by atoms with Gasteiger partial charge in [0.15, 0.2) is 11.6 Å². The van der Waals surface area contributed by atoms with E-state index in [1.54, 1.807) is 24.5 Å². The number of rotatable bonds is 7. The van der Waals surface area contributed by atoms with E-state index >= 15 is 4.39 Å². The highest BCUT2D eigenvalue weighted by Gasteiger charge is 2.20. The fourth-order valence-corrected chi connectivity index (χ4v) is 4.21. The Morgan fingerprint density at radius 3 is 2.68 bits per heavy atom. The van der Waals surface area contributed by atoms with Gasteiger partial charge in [0.1, 0.15) is 11.4 Å². The Bertz CT molecular complexity index is 1620. The number of aromatic nitrogens is 4. The zero-order valence-corrected chi connectivity index (χ0v) is 21.1. The molecule has 0 fully saturated rings. The Kier molecular flexibility index (Phi) is 6.95. The van der Waals surface area contributed by atoms with Gasteiger partial charge in [0.05, 0.1) is 17.8 Å². The lowest BCUT2D eigenvalue weighted by molar-refractivity contribution is 0.437. The van der Waals surface area contributed by atoms with Gasteiger partial charge in [-0.2, -0.15) is 0 Å². The Morgan fingerprint density at radius 1 is 1.08 bits per heavy atom. The molecule has 37 heavy (non-hydrogen) atoms. The second kappa shape index (κ2) is 10.5. The summed E-state index contributed by atoms with van der Waals surface area (Å²) in [6, 6.07) is 17.8. The number of ether oxygens (including phenoxy) is 1. The second-order valence-electron chi connectivity index (χ2n) is 8.24. The average Bonchev–Trinajstić information content (AvgIpc) is 3.50. The summed E-state index contributed by atoms with van der Waals surface area (Å²) >= 11 is 12.3. The largest absolute Gasteiger partial charge is 0.453 e. The highest BCUT2D eigenvalue weighted by Crippen LogP contribution is 2.36. The Labute approximate surface area is 222 Å². The van der Waals surface area contributed by atoms with Crippen molar-refractivity contribution >= 4 is 23.2 Å². The molecule has 5 aromatic rings. The first-order chi connectivity index (χ1) is 17.9. The van der Waals surface area contributed by atoms with E-state index in [4.69, 9.17) is 38.8 Å². The van der Waals surface area contributed by atoms with E-state index in [0.717, 1.165) is 11.3 Å². The topological polar surface area (TPSA) is 66.0 Å². The Balaban J connectivity index is 1.37. The maximum absolute atomic E-state index is 15.4. The van der Waals surface area contributed by atoms with Gasteiger partial charge in [0.2, 0.25) is 5.89 Å². The number of halogens is 3. The maximum Gasteiger partial charge on any atom is 0.268 e. The number of imidazole rings is 1. The summed E-state index contributed by atoms with van der Waals surface area (Å²) in [6.45, 7) is 2.59. The van der Waals surface area contributed by atoms with Crippen molar-refractivity contribution < 1.29 is 13.5 Å². The van der Waals surface area contributed by atoms with Crippen LogP contribution in [0, 0.1) is 25.1 Å². The molecule has 0 spiro atoms. The van der Waals surface area contributed by atoms with Crippen molar-refractivity contribution in [2.75, 3.05) is 0 Å². The van der Waals surface area contributed by atoms with E-state index in [1.165, 1.54) is 12.1 Å². The Morgan fingerprint density at radius 2 is 1.89 bits per heavy atom. The molecule has 3 aromatic carbocycles. The first-order valence-electron chi connectivity index (χ1n) is 11.2. The van der Waals surface area contributed by atoms with Crippen LogP contribution >= 0.6 is 23.2 Å². The first kappa shape index (κ1) is 24.6. The average molecular weight is 533 g/mol. The van der Waals surface area contributed by atoms with Gasteiger partial charge in [-0.25, -0.2) is 9.37 Å². The second-order valence-corrected chi connectivity index (χ2v) is 9.09. The number of nitrogens with zero attached hydrogens (tertiary/aromatic N) is 4. The molecule has 6 nitrogen and oxygen atoms in total. The van der Waals surface area contributed by atoms with Gasteiger partial charge in [0, 0.05) is 28.4 Å². The van der Waals surface area contributed by atoms with E-state index < -0.39 is 5.82 Å². The third kappa shape index (κ3) is 5.36. The monoisotopic (exact) mass is 532 g/mol. The molecular formula is C28H19Cl2FN4O2. The lowest BCUT2D eigenvalue weighted by Crippen LogP contribution is -2.00. The summed E-state index contributed by atoms with van der Waals surface area (Å²) in [5, 5.41) is 8.66. The Hall–Kier alpha value is -4.12. The standard InChI is InChI=1S/C28H19Cl2FN4O2/c1-3-18-11-21(29)14-22(12-18)36-27-23(30)10-9-20(25(27)31)13-24-33-34-28(37-24)26-17(2)35(16-32-26)15-19-7-5-4-6-8-19/h1,4-12,14,16H,13,15H2,2H3. The van der Waals surface area contributed by atoms with Crippen LogP contribution in [0.5, 0.6) is 11.5 Å². The number of hydrogen-bond acceptors (Lipinski definition) is 5. The van der Waals surface area contributed by atoms with Gasteiger partial charge < -0.3 is 13.7 Å². The van der Waals surface area contributed by atoms with E-state index in [2.05, 4.69) is 21.1 Å². The van der Waals surface area contributed by atoms with Crippen molar-refractivity contribution in [3.63, 3.8) is 0 Å². The van der Waals surface area contributed by atoms with Gasteiger partial charge in [-0.1, -0.05) is 65.5 Å². The molecule has 0 aliphatic rings. The van der Waals surface area contributed by atoms with Crippen molar-refractivity contribution in [1.29, 1.82) is 0 Å². The van der Waals surface area contributed by atoms with Crippen molar-refractivity contribution in [2.45, 2.75) is 19.9 Å². The highest BCUT2D eigenvalue weighted by molar-refractivity contribution is 6.32. The molecule has 0 radical (unpaired) electrons. The van der Waals surface area contributed by atoms with Gasteiger partial charge in [-0.15, -0.1) is 16.6 Å². The summed E-state index contributed by atoms with van der Waals surface area (Å²) in [7, 11) is 0. The summed E-state index contributed by atoms with van der Waals surface area (Å²) in [5.74, 6) is 2.41. The predicted molar refractivity (Wildman–Crippen MR) is 139 cm³/mol. The van der Waals surface area contributed by atoms with Crippen molar-refractivity contribution in [1.82, 2.24) is 19.7 Å². The summed E-state index contributed by atoms with van der Waals surface area (Å²) in [4.78, 5) is 4.44. The number of terminal acetylenes is 1. The summed E-state index contributed by atoms with van der Waals surface area (Å²) in [6.07, 6.45) is 7.20. The molecule has 0 N–H and O–H groups in total. The molecule has 0 unspecified atom stereocenters. The smallest absolute Gasteiger partial charge is 0.268 e. The zero-order chi connectivity index (χ0) is 25.9. The third-order valence-electron chi connectivity index (χ3n) is 5.69. The molecule has 0 saturated carbocycles. The van der Waals surface area contributed by atoms with Crippen LogP contribution in [0.15, 0.2) is 71.4 Å². The number of benzene rings is 3. The summed E-state index contributed by atoms with van der Waals surface area (Å²) in [5.41, 5.74) is 3.35. The molecule has 2 aromatic heterocycles. The molecule has 9 heteroatoms. The maximum atomic E-state index is 15.4. The normalized spacial score (nSPS) is 10.9. The van der Waals surface area contributed by atoms with E-state index in [0.29, 0.717) is 22.8 Å². The minimum Gasteiger partial charge on any atom is -0.453 e. The zero-order valence-electron chi connectivity index (χ0n) is 19.6. The van der Waals surface area contributed by atoms with Crippen LogP contribution < -0.4 is 4.74 Å². The van der Waals surface area contributed by atoms with Crippen molar-refractivity contribution in [3.05, 3.63) is 111 Å². The molecule has 5 rings (SSSR count). The van der Waals surface area contributed by atoms with Crippen molar-refractivity contribution in [2.24, 2.45) is 0 Å². The first-order valence-corrected chi connectivity index (χ1v) is 12.0. The fourth-order valence-electron chi connectivity index (χ4n) is 3.80. The van der Waals surface area contributed by atoms with Crippen molar-refractivity contribution in [3.8, 4) is 35.4 Å². The van der Waals surface area contributed by atoms with Gasteiger partial charge in [-0.3, -0.25) is 0 Å². The van der Waals surface area contributed by atoms with Crippen LogP contribution in [-0.4, -0.2) is 19.7 Å². The minimum atomic E-state index is -0.655. The fraction of sp³-hybridized carbons (Fsp3) is 0.107. The van der Waals surface area contributed by atoms with Crippen LogP contribution in [0.1, 0.15) is 28.3 Å². The molecule has 0 aliphatic heterocycles. The van der Waals surface area contributed by atoms with Gasteiger partial charge in [0.25, 0.3) is 5.89 Å². The molecule has 0 amide bonds. The highest BCUT2D eigenvalue weighted by atomic mass is 35.5. The lowest BCUT2D eigenvalue weighted by Gasteiger charge is -2.12. The summed E-state index contributed by atoms with van der Waals surface area (Å²) < 4.78 is 28.9. The quantitative estimate of drug-likeness (QED) is 0.209. The molecule has 184 valence electrons. The molecular weight excluding hydrogens is 514 g/mol.